The number of rotatable bonds is 4. The van der Waals surface area contributed by atoms with Gasteiger partial charge in [-0.25, -0.2) is 0 Å². The highest BCUT2D eigenvalue weighted by Crippen LogP contribution is 2.37. The second-order valence-electron chi connectivity index (χ2n) is 4.19. The summed E-state index contributed by atoms with van der Waals surface area (Å²) in [5, 5.41) is 20.6. The lowest BCUT2D eigenvalue weighted by Crippen LogP contribution is -1.97. The molecule has 0 amide bonds. The maximum Gasteiger partial charge on any atom is 0.313 e. The Kier molecular flexibility index (Phi) is 4.62. The summed E-state index contributed by atoms with van der Waals surface area (Å²) >= 11 is 11.6. The van der Waals surface area contributed by atoms with Crippen LogP contribution in [0.1, 0.15) is 18.7 Å². The molecule has 0 radical (unpaired) electrons. The molecular formula is C13H10Cl2N2O4. The number of benzene rings is 1. The van der Waals surface area contributed by atoms with E-state index in [0.717, 1.165) is 6.07 Å². The van der Waals surface area contributed by atoms with Crippen LogP contribution in [-0.4, -0.2) is 15.0 Å². The molecule has 0 aliphatic heterocycles. The fourth-order valence-electron chi connectivity index (χ4n) is 1.57. The van der Waals surface area contributed by atoms with Crippen LogP contribution in [0.3, 0.4) is 0 Å². The number of nitro benzene ring substituents is 1. The minimum atomic E-state index is -0.710. The van der Waals surface area contributed by atoms with Gasteiger partial charge < -0.3 is 9.84 Å². The van der Waals surface area contributed by atoms with Crippen LogP contribution in [0, 0.1) is 10.1 Å². The number of halogens is 2. The summed E-state index contributed by atoms with van der Waals surface area (Å²) in [6, 6.07) is 5.49. The number of aliphatic hydroxyl groups is 1. The molecule has 1 atom stereocenters. The zero-order chi connectivity index (χ0) is 15.6. The van der Waals surface area contributed by atoms with Gasteiger partial charge in [0.1, 0.15) is 5.75 Å². The van der Waals surface area contributed by atoms with Crippen molar-refractivity contribution in [3.8, 4) is 11.5 Å². The molecule has 21 heavy (non-hydrogen) atoms. The molecule has 1 heterocycles. The molecule has 1 aromatic carbocycles. The fourth-order valence-corrected chi connectivity index (χ4v) is 1.88. The van der Waals surface area contributed by atoms with Crippen molar-refractivity contribution in [1.82, 2.24) is 4.98 Å². The SMILES string of the molecule is C[C@H](O)c1ccc(Oc2cc(Cl)c(Cl)cc2[N+](=O)[O-])cn1. The zero-order valence-corrected chi connectivity index (χ0v) is 12.3. The molecule has 110 valence electrons. The Hall–Kier alpha value is -1.89. The number of aromatic nitrogens is 1. The smallest absolute Gasteiger partial charge is 0.313 e. The van der Waals surface area contributed by atoms with E-state index in [-0.39, 0.29) is 27.2 Å². The summed E-state index contributed by atoms with van der Waals surface area (Å²) in [6.07, 6.45) is 0.646. The maximum atomic E-state index is 11.0. The quantitative estimate of drug-likeness (QED) is 0.673. The van der Waals surface area contributed by atoms with Gasteiger partial charge in [-0.2, -0.15) is 0 Å². The highest BCUT2D eigenvalue weighted by atomic mass is 35.5. The van der Waals surface area contributed by atoms with Gasteiger partial charge in [0.2, 0.25) is 5.75 Å². The van der Waals surface area contributed by atoms with Crippen molar-refractivity contribution in [2.45, 2.75) is 13.0 Å². The first kappa shape index (κ1) is 15.5. The normalized spacial score (nSPS) is 12.0. The van der Waals surface area contributed by atoms with Gasteiger partial charge >= 0.3 is 5.69 Å². The van der Waals surface area contributed by atoms with Crippen LogP contribution in [0.4, 0.5) is 5.69 Å². The van der Waals surface area contributed by atoms with E-state index in [0.29, 0.717) is 5.69 Å². The van der Waals surface area contributed by atoms with E-state index >= 15 is 0 Å². The average molecular weight is 329 g/mol. The summed E-state index contributed by atoms with van der Waals surface area (Å²) in [4.78, 5) is 14.4. The van der Waals surface area contributed by atoms with Crippen LogP contribution in [0.2, 0.25) is 10.0 Å². The van der Waals surface area contributed by atoms with Crippen molar-refractivity contribution in [2.24, 2.45) is 0 Å². The first-order valence-corrected chi connectivity index (χ1v) is 6.59. The predicted molar refractivity (Wildman–Crippen MR) is 78.1 cm³/mol. The lowest BCUT2D eigenvalue weighted by atomic mass is 10.2. The van der Waals surface area contributed by atoms with Gasteiger partial charge in [0, 0.05) is 12.1 Å². The lowest BCUT2D eigenvalue weighted by molar-refractivity contribution is -0.385. The van der Waals surface area contributed by atoms with Crippen LogP contribution in [0.15, 0.2) is 30.5 Å². The first-order valence-electron chi connectivity index (χ1n) is 5.84. The molecule has 0 bridgehead atoms. The van der Waals surface area contributed by atoms with E-state index in [9.17, 15) is 15.2 Å². The molecule has 1 N–H and O–H groups in total. The van der Waals surface area contributed by atoms with Crippen LogP contribution in [0.5, 0.6) is 11.5 Å². The minimum Gasteiger partial charge on any atom is -0.448 e. The number of aliphatic hydroxyl groups excluding tert-OH is 1. The standard InChI is InChI=1S/C13H10Cl2N2O4/c1-7(18)11-3-2-8(6-16-11)21-13-5-10(15)9(14)4-12(13)17(19)20/h2-7,18H,1H3/t7-/m0/s1. The van der Waals surface area contributed by atoms with Crippen molar-refractivity contribution in [3.63, 3.8) is 0 Å². The summed E-state index contributed by atoms with van der Waals surface area (Å²) in [5.74, 6) is 0.238. The van der Waals surface area contributed by atoms with Crippen LogP contribution in [0.25, 0.3) is 0 Å². The molecule has 0 spiro atoms. The first-order chi connectivity index (χ1) is 9.88. The van der Waals surface area contributed by atoms with Gasteiger partial charge in [-0.15, -0.1) is 0 Å². The van der Waals surface area contributed by atoms with Crippen LogP contribution in [-0.2, 0) is 0 Å². The third kappa shape index (κ3) is 3.60. The van der Waals surface area contributed by atoms with Crippen molar-refractivity contribution in [2.75, 3.05) is 0 Å². The Labute approximate surface area is 130 Å². The van der Waals surface area contributed by atoms with Crippen LogP contribution >= 0.6 is 23.2 Å². The predicted octanol–water partition coefficient (Wildman–Crippen LogP) is 4.14. The minimum absolute atomic E-state index is 0.0407. The summed E-state index contributed by atoms with van der Waals surface area (Å²) < 4.78 is 5.41. The van der Waals surface area contributed by atoms with E-state index in [1.54, 1.807) is 19.1 Å². The summed E-state index contributed by atoms with van der Waals surface area (Å²) in [5.41, 5.74) is 0.162. The number of pyridine rings is 1. The van der Waals surface area contributed by atoms with Crippen molar-refractivity contribution in [3.05, 3.63) is 56.3 Å². The Morgan fingerprint density at radius 2 is 2.00 bits per heavy atom. The lowest BCUT2D eigenvalue weighted by Gasteiger charge is -2.08. The largest absolute Gasteiger partial charge is 0.448 e. The maximum absolute atomic E-state index is 11.0. The van der Waals surface area contributed by atoms with E-state index in [1.165, 1.54) is 12.3 Å². The van der Waals surface area contributed by atoms with E-state index in [2.05, 4.69) is 4.98 Å². The van der Waals surface area contributed by atoms with E-state index in [4.69, 9.17) is 27.9 Å². The van der Waals surface area contributed by atoms with Gasteiger partial charge in [0.15, 0.2) is 0 Å². The van der Waals surface area contributed by atoms with Gasteiger partial charge in [0.25, 0.3) is 0 Å². The third-order valence-corrected chi connectivity index (χ3v) is 3.34. The molecule has 0 fully saturated rings. The number of hydrogen-bond acceptors (Lipinski definition) is 5. The van der Waals surface area contributed by atoms with Crippen LogP contribution < -0.4 is 4.74 Å². The molecule has 1 aromatic heterocycles. The van der Waals surface area contributed by atoms with Gasteiger partial charge in [-0.1, -0.05) is 23.2 Å². The molecule has 0 saturated heterocycles. The average Bonchev–Trinajstić information content (AvgIpc) is 2.43. The topological polar surface area (TPSA) is 85.5 Å². The monoisotopic (exact) mass is 328 g/mol. The number of hydrogen-bond donors (Lipinski definition) is 1. The van der Waals surface area contributed by atoms with Gasteiger partial charge in [-0.3, -0.25) is 15.1 Å². The van der Waals surface area contributed by atoms with Gasteiger partial charge in [-0.05, 0) is 19.1 Å². The molecule has 8 heteroatoms. The highest BCUT2D eigenvalue weighted by molar-refractivity contribution is 6.42. The van der Waals surface area contributed by atoms with E-state index < -0.39 is 11.0 Å². The molecule has 2 aromatic rings. The number of ether oxygens (including phenoxy) is 1. The Morgan fingerprint density at radius 3 is 2.52 bits per heavy atom. The van der Waals surface area contributed by atoms with E-state index in [1.807, 2.05) is 0 Å². The summed E-state index contributed by atoms with van der Waals surface area (Å²) in [7, 11) is 0. The fraction of sp³-hybridized carbons (Fsp3) is 0.154. The molecule has 2 rings (SSSR count). The molecule has 6 nitrogen and oxygen atoms in total. The van der Waals surface area contributed by atoms with Crippen molar-refractivity contribution >= 4 is 28.9 Å². The highest BCUT2D eigenvalue weighted by Gasteiger charge is 2.19. The summed E-state index contributed by atoms with van der Waals surface area (Å²) in [6.45, 7) is 1.58. The second-order valence-corrected chi connectivity index (χ2v) is 5.00. The Balaban J connectivity index is 2.34. The molecule has 0 unspecified atom stereocenters. The second kappa shape index (κ2) is 6.26. The molecule has 0 aliphatic rings. The number of nitrogens with zero attached hydrogens (tertiary/aromatic N) is 2. The zero-order valence-electron chi connectivity index (χ0n) is 10.8. The van der Waals surface area contributed by atoms with Crippen molar-refractivity contribution in [1.29, 1.82) is 0 Å². The Morgan fingerprint density at radius 1 is 1.33 bits per heavy atom. The number of nitro groups is 1. The Bertz CT molecular complexity index is 675. The molecular weight excluding hydrogens is 319 g/mol. The van der Waals surface area contributed by atoms with Gasteiger partial charge in [0.05, 0.1) is 33.0 Å². The van der Waals surface area contributed by atoms with Crippen molar-refractivity contribution < 1.29 is 14.8 Å². The third-order valence-electron chi connectivity index (χ3n) is 2.61. The molecule has 0 saturated carbocycles. The molecule has 0 aliphatic carbocycles.